The summed E-state index contributed by atoms with van der Waals surface area (Å²) in [6.45, 7) is 14.8. The number of esters is 1. The molecule has 0 spiro atoms. The zero-order chi connectivity index (χ0) is 31.8. The molecule has 3 aromatic rings. The normalized spacial score (nSPS) is 15.4. The highest BCUT2D eigenvalue weighted by Gasteiger charge is 2.38. The number of carbonyl (C=O) groups is 3. The van der Waals surface area contributed by atoms with Crippen LogP contribution in [0.1, 0.15) is 64.6 Å². The number of nitrogens with zero attached hydrogens (tertiary/aromatic N) is 4. The number of aromatic nitrogens is 2. The van der Waals surface area contributed by atoms with Gasteiger partial charge < -0.3 is 23.7 Å². The second-order valence-corrected chi connectivity index (χ2v) is 17.7. The Morgan fingerprint density at radius 3 is 2.55 bits per heavy atom. The Morgan fingerprint density at radius 2 is 1.84 bits per heavy atom. The largest absolute Gasteiger partial charge is 0.491 e. The van der Waals surface area contributed by atoms with E-state index in [-0.39, 0.29) is 41.4 Å². The van der Waals surface area contributed by atoms with Crippen molar-refractivity contribution in [2.75, 3.05) is 44.4 Å². The Labute approximate surface area is 263 Å². The summed E-state index contributed by atoms with van der Waals surface area (Å²) >= 11 is 6.26. The number of hydrogen-bond acceptors (Lipinski definition) is 7. The standard InChI is InChI=1S/C32H39ClN4O6Si/c1-7-41-31(40)27-24-13-14-36(30(39)28(24)37(34-27)23-10-8-9-21(33)19-23)22-11-12-26-25(20-22)29(38)35(15-17-42-26)16-18-43-44(5,6)32(2,3)4/h8-12,19-20H,7,13-18H2,1-6H3. The molecular formula is C32H39ClN4O6Si. The fraction of sp³-hybridized carbons (Fsp3) is 0.438. The lowest BCUT2D eigenvalue weighted by atomic mass is 10.0. The first kappa shape index (κ1) is 31.7. The van der Waals surface area contributed by atoms with Gasteiger partial charge in [0, 0.05) is 29.4 Å². The molecule has 0 saturated heterocycles. The van der Waals surface area contributed by atoms with Gasteiger partial charge in [-0.2, -0.15) is 5.10 Å². The Morgan fingerprint density at radius 1 is 1.07 bits per heavy atom. The van der Waals surface area contributed by atoms with E-state index in [1.165, 1.54) is 4.68 Å². The number of hydrogen-bond donors (Lipinski definition) is 0. The quantitative estimate of drug-likeness (QED) is 0.228. The molecule has 0 radical (unpaired) electrons. The van der Waals surface area contributed by atoms with Crippen LogP contribution in [0.2, 0.25) is 23.2 Å². The van der Waals surface area contributed by atoms with Crippen molar-refractivity contribution in [3.8, 4) is 11.4 Å². The van der Waals surface area contributed by atoms with Gasteiger partial charge >= 0.3 is 5.97 Å². The Hall–Kier alpha value is -3.67. The molecule has 3 heterocycles. The van der Waals surface area contributed by atoms with Gasteiger partial charge in [-0.15, -0.1) is 0 Å². The van der Waals surface area contributed by atoms with Crippen molar-refractivity contribution in [3.63, 3.8) is 0 Å². The van der Waals surface area contributed by atoms with Crippen LogP contribution in [-0.2, 0) is 15.6 Å². The SMILES string of the molecule is CCOC(=O)c1nn(-c2cccc(Cl)c2)c2c1CCN(c1ccc3c(c1)C(=O)N(CCO[Si](C)(C)C(C)(C)C)CCO3)C2=O. The predicted octanol–water partition coefficient (Wildman–Crippen LogP) is 5.76. The fourth-order valence-corrected chi connectivity index (χ4v) is 6.34. The van der Waals surface area contributed by atoms with Crippen LogP contribution in [0, 0.1) is 0 Å². The number of amides is 2. The van der Waals surface area contributed by atoms with Gasteiger partial charge in [-0.25, -0.2) is 9.48 Å². The molecule has 234 valence electrons. The van der Waals surface area contributed by atoms with Crippen LogP contribution in [0.4, 0.5) is 5.69 Å². The van der Waals surface area contributed by atoms with Crippen molar-refractivity contribution in [1.82, 2.24) is 14.7 Å². The molecule has 12 heteroatoms. The Bertz CT molecular complexity index is 1600. The topological polar surface area (TPSA) is 103 Å². The summed E-state index contributed by atoms with van der Waals surface area (Å²) in [5, 5.41) is 5.05. The molecule has 0 atom stereocenters. The van der Waals surface area contributed by atoms with E-state index in [4.69, 9.17) is 25.5 Å². The van der Waals surface area contributed by atoms with Crippen molar-refractivity contribution in [2.24, 2.45) is 0 Å². The average molecular weight is 639 g/mol. The Kier molecular flexibility index (Phi) is 8.93. The van der Waals surface area contributed by atoms with E-state index in [0.717, 1.165) is 0 Å². The first-order valence-electron chi connectivity index (χ1n) is 14.9. The number of ether oxygens (including phenoxy) is 2. The molecule has 10 nitrogen and oxygen atoms in total. The first-order chi connectivity index (χ1) is 20.8. The van der Waals surface area contributed by atoms with Gasteiger partial charge in [-0.1, -0.05) is 38.4 Å². The lowest BCUT2D eigenvalue weighted by Crippen LogP contribution is -2.44. The van der Waals surface area contributed by atoms with Crippen LogP contribution in [-0.4, -0.2) is 80.2 Å². The van der Waals surface area contributed by atoms with E-state index < -0.39 is 14.3 Å². The van der Waals surface area contributed by atoms with Crippen LogP contribution >= 0.6 is 11.6 Å². The summed E-state index contributed by atoms with van der Waals surface area (Å²) in [7, 11) is -1.96. The second kappa shape index (κ2) is 12.4. The maximum absolute atomic E-state index is 14.1. The minimum absolute atomic E-state index is 0.0699. The summed E-state index contributed by atoms with van der Waals surface area (Å²) in [6, 6.07) is 12.1. The molecule has 0 bridgehead atoms. The van der Waals surface area contributed by atoms with Gasteiger partial charge in [0.2, 0.25) is 0 Å². The third kappa shape index (κ3) is 6.13. The van der Waals surface area contributed by atoms with Crippen LogP contribution in [0.3, 0.4) is 0 Å². The monoisotopic (exact) mass is 638 g/mol. The second-order valence-electron chi connectivity index (χ2n) is 12.4. The number of fused-ring (bicyclic) bond motifs is 2. The lowest BCUT2D eigenvalue weighted by Gasteiger charge is -2.36. The average Bonchev–Trinajstić information content (AvgIpc) is 3.29. The fourth-order valence-electron chi connectivity index (χ4n) is 5.12. The van der Waals surface area contributed by atoms with Crippen molar-refractivity contribution in [2.45, 2.75) is 52.2 Å². The molecule has 2 aliphatic heterocycles. The lowest BCUT2D eigenvalue weighted by molar-refractivity contribution is 0.0517. The predicted molar refractivity (Wildman–Crippen MR) is 171 cm³/mol. The number of rotatable bonds is 8. The van der Waals surface area contributed by atoms with Gasteiger partial charge in [-0.05, 0) is 67.9 Å². The van der Waals surface area contributed by atoms with Gasteiger partial charge in [-0.3, -0.25) is 9.59 Å². The molecule has 0 fully saturated rings. The van der Waals surface area contributed by atoms with Crippen molar-refractivity contribution in [1.29, 1.82) is 0 Å². The van der Waals surface area contributed by atoms with E-state index in [1.807, 2.05) is 0 Å². The van der Waals surface area contributed by atoms with Crippen molar-refractivity contribution >= 4 is 43.4 Å². The maximum atomic E-state index is 14.1. The molecule has 0 aliphatic carbocycles. The zero-order valence-corrected chi connectivity index (χ0v) is 27.9. The summed E-state index contributed by atoms with van der Waals surface area (Å²) in [5.41, 5.74) is 2.36. The van der Waals surface area contributed by atoms with Gasteiger partial charge in [0.1, 0.15) is 18.1 Å². The van der Waals surface area contributed by atoms with E-state index in [9.17, 15) is 14.4 Å². The summed E-state index contributed by atoms with van der Waals surface area (Å²) in [6.07, 6.45) is 0.369. The van der Waals surface area contributed by atoms with E-state index in [1.54, 1.807) is 59.2 Å². The molecule has 0 N–H and O–H groups in total. The molecule has 0 unspecified atom stereocenters. The molecule has 44 heavy (non-hydrogen) atoms. The maximum Gasteiger partial charge on any atom is 0.359 e. The number of carbonyl (C=O) groups excluding carboxylic acids is 3. The van der Waals surface area contributed by atoms with E-state index in [2.05, 4.69) is 39.0 Å². The highest BCUT2D eigenvalue weighted by atomic mass is 35.5. The summed E-state index contributed by atoms with van der Waals surface area (Å²) in [4.78, 5) is 44.0. The molecule has 0 saturated carbocycles. The molecule has 1 aromatic heterocycles. The zero-order valence-electron chi connectivity index (χ0n) is 26.1. The Balaban J connectivity index is 1.44. The molecule has 5 rings (SSSR count). The van der Waals surface area contributed by atoms with Crippen LogP contribution in [0.25, 0.3) is 5.69 Å². The first-order valence-corrected chi connectivity index (χ1v) is 18.2. The third-order valence-electron chi connectivity index (χ3n) is 8.58. The van der Waals surface area contributed by atoms with Gasteiger partial charge in [0.25, 0.3) is 11.8 Å². The van der Waals surface area contributed by atoms with Crippen LogP contribution in [0.15, 0.2) is 42.5 Å². The third-order valence-corrected chi connectivity index (χ3v) is 13.4. The molecule has 2 aliphatic rings. The van der Waals surface area contributed by atoms with Gasteiger partial charge in [0.15, 0.2) is 14.0 Å². The summed E-state index contributed by atoms with van der Waals surface area (Å²) < 4.78 is 19.0. The number of anilines is 1. The van der Waals surface area contributed by atoms with Crippen LogP contribution in [0.5, 0.6) is 5.75 Å². The minimum atomic E-state index is -1.96. The number of halogens is 1. The molecule has 2 amide bonds. The van der Waals surface area contributed by atoms with Crippen molar-refractivity contribution < 1.29 is 28.3 Å². The highest BCUT2D eigenvalue weighted by Crippen LogP contribution is 2.37. The number of benzene rings is 2. The summed E-state index contributed by atoms with van der Waals surface area (Å²) in [5.74, 6) is -0.630. The molecule has 2 aromatic carbocycles. The van der Waals surface area contributed by atoms with E-state index in [0.29, 0.717) is 66.0 Å². The van der Waals surface area contributed by atoms with Crippen LogP contribution < -0.4 is 9.64 Å². The van der Waals surface area contributed by atoms with E-state index >= 15 is 0 Å². The smallest absolute Gasteiger partial charge is 0.359 e. The van der Waals surface area contributed by atoms with Gasteiger partial charge in [0.05, 0.1) is 31.0 Å². The highest BCUT2D eigenvalue weighted by molar-refractivity contribution is 6.74. The minimum Gasteiger partial charge on any atom is -0.491 e. The van der Waals surface area contributed by atoms with Crippen molar-refractivity contribution in [3.05, 3.63) is 70.0 Å². The molecular weight excluding hydrogens is 600 g/mol.